The standard InChI is InChI=1S/C39H44F3N5O3S/c1-7-38(8-2,46-22-35(48)49)18-34-36(51-37(4,5)6)31-17-30(50-24-29-21-43-25(3)19-44-29)14-16-33(31)47(34)23-26-9-11-27(12-10-26)32-15-13-28(20-45-32)39(40,41)42/h9-17,19-21,46H,7-8,18,22-24H2,1-6H3,(H,48,49). The number of hydrogen-bond acceptors (Lipinski definition) is 7. The molecule has 5 rings (SSSR count). The summed E-state index contributed by atoms with van der Waals surface area (Å²) in [4.78, 5) is 25.6. The van der Waals surface area contributed by atoms with Gasteiger partial charge in [0.2, 0.25) is 0 Å². The fourth-order valence-corrected chi connectivity index (χ4v) is 7.15. The number of rotatable bonds is 14. The van der Waals surface area contributed by atoms with E-state index in [4.69, 9.17) is 4.74 Å². The number of aryl methyl sites for hydroxylation is 1. The van der Waals surface area contributed by atoms with Crippen molar-refractivity contribution in [2.24, 2.45) is 0 Å². The molecule has 0 fully saturated rings. The number of benzene rings is 2. The molecule has 0 aliphatic heterocycles. The van der Waals surface area contributed by atoms with E-state index < -0.39 is 23.2 Å². The Balaban J connectivity index is 1.58. The molecule has 0 aliphatic rings. The first-order chi connectivity index (χ1) is 24.1. The Morgan fingerprint density at radius 2 is 1.67 bits per heavy atom. The maximum Gasteiger partial charge on any atom is 0.417 e. The summed E-state index contributed by atoms with van der Waals surface area (Å²) in [5, 5.41) is 14.0. The van der Waals surface area contributed by atoms with E-state index in [9.17, 15) is 23.1 Å². The molecule has 3 heterocycles. The van der Waals surface area contributed by atoms with E-state index in [0.29, 0.717) is 30.0 Å². The summed E-state index contributed by atoms with van der Waals surface area (Å²) in [7, 11) is 0. The van der Waals surface area contributed by atoms with E-state index in [1.807, 2.05) is 37.3 Å². The van der Waals surface area contributed by atoms with Crippen LogP contribution in [0.25, 0.3) is 22.2 Å². The molecule has 0 atom stereocenters. The van der Waals surface area contributed by atoms with Crippen molar-refractivity contribution in [1.82, 2.24) is 24.8 Å². The van der Waals surface area contributed by atoms with Crippen molar-refractivity contribution in [2.45, 2.75) is 95.3 Å². The van der Waals surface area contributed by atoms with Crippen LogP contribution in [0.3, 0.4) is 0 Å². The van der Waals surface area contributed by atoms with Crippen LogP contribution in [0.2, 0.25) is 0 Å². The van der Waals surface area contributed by atoms with Gasteiger partial charge in [-0.25, -0.2) is 0 Å². The fourth-order valence-electron chi connectivity index (χ4n) is 5.97. The third kappa shape index (κ3) is 9.48. The van der Waals surface area contributed by atoms with Crippen LogP contribution in [0.4, 0.5) is 13.2 Å². The van der Waals surface area contributed by atoms with Gasteiger partial charge in [-0.1, -0.05) is 58.9 Å². The molecule has 2 N–H and O–H groups in total. The van der Waals surface area contributed by atoms with Crippen LogP contribution in [0.1, 0.15) is 75.7 Å². The first kappa shape index (κ1) is 37.8. The SMILES string of the molecule is CCC(CC)(Cc1c(SC(C)(C)C)c2cc(OCc3cnc(C)cn3)ccc2n1Cc1ccc(-c2ccc(C(F)(F)F)cn2)cc1)NCC(=O)O. The molecule has 0 bridgehead atoms. The highest BCUT2D eigenvalue weighted by molar-refractivity contribution is 8.00. The summed E-state index contributed by atoms with van der Waals surface area (Å²) in [6.45, 7) is 13.2. The van der Waals surface area contributed by atoms with Gasteiger partial charge >= 0.3 is 12.1 Å². The van der Waals surface area contributed by atoms with E-state index >= 15 is 0 Å². The smallest absolute Gasteiger partial charge is 0.417 e. The lowest BCUT2D eigenvalue weighted by Gasteiger charge is -2.34. The minimum atomic E-state index is -4.45. The summed E-state index contributed by atoms with van der Waals surface area (Å²) in [5.41, 5.74) is 4.54. The van der Waals surface area contributed by atoms with E-state index in [2.05, 4.69) is 71.6 Å². The van der Waals surface area contributed by atoms with Gasteiger partial charge in [0.15, 0.2) is 0 Å². The highest BCUT2D eigenvalue weighted by Crippen LogP contribution is 2.44. The second-order valence-corrected chi connectivity index (χ2v) is 15.6. The summed E-state index contributed by atoms with van der Waals surface area (Å²) in [6, 6.07) is 16.2. The lowest BCUT2D eigenvalue weighted by molar-refractivity contribution is -0.138. The van der Waals surface area contributed by atoms with Crippen molar-refractivity contribution in [2.75, 3.05) is 6.54 Å². The van der Waals surface area contributed by atoms with Crippen molar-refractivity contribution >= 4 is 28.6 Å². The highest BCUT2D eigenvalue weighted by Gasteiger charge is 2.33. The Kier molecular flexibility index (Phi) is 11.5. The van der Waals surface area contributed by atoms with E-state index in [1.165, 1.54) is 6.07 Å². The Morgan fingerprint density at radius 3 is 2.24 bits per heavy atom. The monoisotopic (exact) mass is 719 g/mol. The minimum absolute atomic E-state index is 0.145. The second-order valence-electron chi connectivity index (χ2n) is 13.7. The predicted octanol–water partition coefficient (Wildman–Crippen LogP) is 9.11. The molecule has 270 valence electrons. The quantitative estimate of drug-likeness (QED) is 0.110. The Bertz CT molecular complexity index is 1950. The lowest BCUT2D eigenvalue weighted by Crippen LogP contribution is -2.48. The lowest BCUT2D eigenvalue weighted by atomic mass is 9.87. The number of carboxylic acid groups (broad SMARTS) is 1. The second kappa shape index (κ2) is 15.4. The molecule has 0 aliphatic carbocycles. The summed E-state index contributed by atoms with van der Waals surface area (Å²) in [6.07, 6.45) is 1.86. The number of alkyl halides is 3. The molecule has 0 spiro atoms. The number of carbonyl (C=O) groups is 1. The van der Waals surface area contributed by atoms with Gasteiger partial charge in [-0.15, -0.1) is 11.8 Å². The van der Waals surface area contributed by atoms with Gasteiger partial charge in [0, 0.05) is 62.7 Å². The van der Waals surface area contributed by atoms with Crippen LogP contribution < -0.4 is 10.1 Å². The van der Waals surface area contributed by atoms with Crippen molar-refractivity contribution in [3.05, 3.63) is 101 Å². The molecule has 12 heteroatoms. The average molecular weight is 720 g/mol. The number of hydrogen-bond donors (Lipinski definition) is 2. The number of nitrogens with zero attached hydrogens (tertiary/aromatic N) is 4. The zero-order valence-electron chi connectivity index (χ0n) is 29.8. The van der Waals surface area contributed by atoms with Gasteiger partial charge in [-0.3, -0.25) is 19.7 Å². The fraction of sp³-hybridized carbons (Fsp3) is 0.385. The Labute approximate surface area is 300 Å². The number of thioether (sulfide) groups is 1. The van der Waals surface area contributed by atoms with Crippen molar-refractivity contribution < 1.29 is 27.8 Å². The van der Waals surface area contributed by atoms with E-state index in [-0.39, 0.29) is 17.9 Å². The average Bonchev–Trinajstić information content (AvgIpc) is 3.35. The largest absolute Gasteiger partial charge is 0.487 e. The molecule has 0 unspecified atom stereocenters. The molecule has 8 nitrogen and oxygen atoms in total. The van der Waals surface area contributed by atoms with E-state index in [0.717, 1.165) is 63.5 Å². The first-order valence-corrected chi connectivity index (χ1v) is 17.7. The molecule has 0 radical (unpaired) electrons. The van der Waals surface area contributed by atoms with Crippen LogP contribution in [-0.2, 0) is 30.5 Å². The van der Waals surface area contributed by atoms with Crippen LogP contribution in [0, 0.1) is 6.92 Å². The Hall–Kier alpha value is -4.42. The number of ether oxygens (including phenoxy) is 1. The third-order valence-electron chi connectivity index (χ3n) is 8.88. The van der Waals surface area contributed by atoms with Crippen LogP contribution in [-0.4, -0.2) is 47.4 Å². The normalized spacial score (nSPS) is 12.4. The van der Waals surface area contributed by atoms with Gasteiger partial charge in [-0.05, 0) is 55.7 Å². The third-order valence-corrected chi connectivity index (χ3v) is 10.1. The molecule has 3 aromatic heterocycles. The Morgan fingerprint density at radius 1 is 0.941 bits per heavy atom. The maximum atomic E-state index is 13.1. The van der Waals surface area contributed by atoms with Gasteiger partial charge in [0.25, 0.3) is 0 Å². The predicted molar refractivity (Wildman–Crippen MR) is 195 cm³/mol. The maximum absolute atomic E-state index is 13.1. The minimum Gasteiger partial charge on any atom is -0.487 e. The van der Waals surface area contributed by atoms with Crippen LogP contribution >= 0.6 is 11.8 Å². The number of aromatic nitrogens is 4. The van der Waals surface area contributed by atoms with Gasteiger partial charge < -0.3 is 19.7 Å². The first-order valence-electron chi connectivity index (χ1n) is 16.9. The van der Waals surface area contributed by atoms with Crippen LogP contribution in [0.5, 0.6) is 5.75 Å². The molecular formula is C39H44F3N5O3S. The molecule has 0 saturated carbocycles. The summed E-state index contributed by atoms with van der Waals surface area (Å²) >= 11 is 1.77. The van der Waals surface area contributed by atoms with Crippen molar-refractivity contribution in [3.8, 4) is 17.0 Å². The van der Waals surface area contributed by atoms with Gasteiger partial charge in [0.1, 0.15) is 12.4 Å². The molecule has 0 amide bonds. The number of halogens is 3. The number of carboxylic acids is 1. The van der Waals surface area contributed by atoms with Gasteiger partial charge in [0.05, 0.1) is 35.4 Å². The zero-order chi connectivity index (χ0) is 37.0. The zero-order valence-corrected chi connectivity index (χ0v) is 30.6. The summed E-state index contributed by atoms with van der Waals surface area (Å²) < 4.78 is 47.7. The summed E-state index contributed by atoms with van der Waals surface area (Å²) in [5.74, 6) is -0.215. The molecular weight excluding hydrogens is 676 g/mol. The topological polar surface area (TPSA) is 102 Å². The highest BCUT2D eigenvalue weighted by atomic mass is 32.2. The molecule has 0 saturated heterocycles. The number of fused-ring (bicyclic) bond motifs is 1. The molecule has 5 aromatic rings. The van der Waals surface area contributed by atoms with Gasteiger partial charge in [-0.2, -0.15) is 13.2 Å². The van der Waals surface area contributed by atoms with Crippen molar-refractivity contribution in [1.29, 1.82) is 0 Å². The van der Waals surface area contributed by atoms with Crippen molar-refractivity contribution in [3.63, 3.8) is 0 Å². The number of aliphatic carboxylic acids is 1. The number of nitrogens with one attached hydrogen (secondary N) is 1. The van der Waals surface area contributed by atoms with E-state index in [1.54, 1.807) is 24.2 Å². The molecule has 51 heavy (non-hydrogen) atoms. The molecule has 2 aromatic carbocycles. The van der Waals surface area contributed by atoms with Crippen LogP contribution in [0.15, 0.2) is 78.1 Å². The number of pyridine rings is 1.